The Bertz CT molecular complexity index is 1530. The fourth-order valence-corrected chi connectivity index (χ4v) is 5.08. The zero-order valence-corrected chi connectivity index (χ0v) is 23.3. The van der Waals surface area contributed by atoms with E-state index in [1.165, 1.54) is 11.8 Å². The zero-order chi connectivity index (χ0) is 28.1. The number of amides is 1. The molecule has 5 rings (SSSR count). The molecule has 2 heterocycles. The maximum Gasteiger partial charge on any atom is 0.412 e. The third kappa shape index (κ3) is 6.94. The van der Waals surface area contributed by atoms with E-state index >= 15 is 0 Å². The van der Waals surface area contributed by atoms with Gasteiger partial charge in [0, 0.05) is 60.6 Å². The number of nitrogens with one attached hydrogen (secondary N) is 1. The van der Waals surface area contributed by atoms with Crippen molar-refractivity contribution in [1.82, 2.24) is 4.90 Å². The van der Waals surface area contributed by atoms with Gasteiger partial charge in [0.05, 0.1) is 0 Å². The number of rotatable bonds is 8. The van der Waals surface area contributed by atoms with Crippen LogP contribution < -0.4 is 20.6 Å². The van der Waals surface area contributed by atoms with Gasteiger partial charge in [0.2, 0.25) is 0 Å². The number of para-hydroxylation sites is 1. The van der Waals surface area contributed by atoms with Crippen molar-refractivity contribution < 1.29 is 18.7 Å². The van der Waals surface area contributed by atoms with E-state index in [2.05, 4.69) is 27.2 Å². The van der Waals surface area contributed by atoms with Gasteiger partial charge in [-0.05, 0) is 67.4 Å². The average molecular weight is 562 g/mol. The van der Waals surface area contributed by atoms with Crippen molar-refractivity contribution in [1.29, 1.82) is 0 Å². The number of hydrogen-bond acceptors (Lipinski definition) is 7. The van der Waals surface area contributed by atoms with Crippen LogP contribution in [0.15, 0.2) is 82.0 Å². The fraction of sp³-hybridized carbons (Fsp3) is 0.290. The lowest BCUT2D eigenvalue weighted by atomic mass is 10.1. The summed E-state index contributed by atoms with van der Waals surface area (Å²) in [7, 11) is 0. The second-order valence-corrected chi connectivity index (χ2v) is 10.4. The number of ether oxygens (including phenoxy) is 2. The first-order chi connectivity index (χ1) is 19.3. The standard InChI is InChI=1S/C31H32ClN3O5/c1-21-16-30(36)40-29-15-22(2)28(18-27(21)29)38-20-26(39-31(37)33-24-8-6-7-23(32)17-24)19-34-11-13-35(14-12-34)25-9-4-3-5-10-25/h3-10,15-18,26H,11-14,19-20H2,1-2H3,(H,33,37). The van der Waals surface area contributed by atoms with Crippen LogP contribution in [-0.2, 0) is 4.74 Å². The molecule has 8 nitrogen and oxygen atoms in total. The summed E-state index contributed by atoms with van der Waals surface area (Å²) in [4.78, 5) is 29.3. The lowest BCUT2D eigenvalue weighted by molar-refractivity contribution is 0.0464. The first-order valence-corrected chi connectivity index (χ1v) is 13.7. The molecule has 208 valence electrons. The van der Waals surface area contributed by atoms with E-state index < -0.39 is 12.2 Å². The molecule has 4 aromatic rings. The van der Waals surface area contributed by atoms with Gasteiger partial charge in [-0.25, -0.2) is 9.59 Å². The SMILES string of the molecule is Cc1cc2oc(=O)cc(C)c2cc1OCC(CN1CCN(c2ccccc2)CC1)OC(=O)Nc1cccc(Cl)c1. The molecule has 1 amide bonds. The van der Waals surface area contributed by atoms with Gasteiger partial charge in [-0.3, -0.25) is 10.2 Å². The van der Waals surface area contributed by atoms with Crippen molar-refractivity contribution in [2.24, 2.45) is 0 Å². The van der Waals surface area contributed by atoms with Crippen molar-refractivity contribution in [2.75, 3.05) is 49.5 Å². The van der Waals surface area contributed by atoms with Crippen LogP contribution in [0, 0.1) is 13.8 Å². The predicted octanol–water partition coefficient (Wildman–Crippen LogP) is 5.88. The first-order valence-electron chi connectivity index (χ1n) is 13.3. The molecule has 0 saturated carbocycles. The molecule has 1 N–H and O–H groups in total. The third-order valence-electron chi connectivity index (χ3n) is 6.97. The number of carbonyl (C=O) groups is 1. The molecule has 1 aliphatic heterocycles. The number of carbonyl (C=O) groups excluding carboxylic acids is 1. The molecule has 40 heavy (non-hydrogen) atoms. The van der Waals surface area contributed by atoms with Crippen LogP contribution in [0.1, 0.15) is 11.1 Å². The van der Waals surface area contributed by atoms with Gasteiger partial charge in [-0.1, -0.05) is 35.9 Å². The van der Waals surface area contributed by atoms with E-state index in [9.17, 15) is 9.59 Å². The Morgan fingerprint density at radius 1 is 0.975 bits per heavy atom. The van der Waals surface area contributed by atoms with E-state index in [4.69, 9.17) is 25.5 Å². The maximum absolute atomic E-state index is 12.8. The number of hydrogen-bond donors (Lipinski definition) is 1. The molecule has 0 spiro atoms. The van der Waals surface area contributed by atoms with Crippen LogP contribution in [0.25, 0.3) is 11.0 Å². The maximum atomic E-state index is 12.8. The van der Waals surface area contributed by atoms with Gasteiger partial charge < -0.3 is 18.8 Å². The highest BCUT2D eigenvalue weighted by Gasteiger charge is 2.24. The second-order valence-electron chi connectivity index (χ2n) is 9.96. The van der Waals surface area contributed by atoms with Crippen LogP contribution in [0.3, 0.4) is 0 Å². The largest absolute Gasteiger partial charge is 0.489 e. The summed E-state index contributed by atoms with van der Waals surface area (Å²) < 4.78 is 17.4. The molecular formula is C31H32ClN3O5. The van der Waals surface area contributed by atoms with Gasteiger partial charge in [-0.2, -0.15) is 0 Å². The summed E-state index contributed by atoms with van der Waals surface area (Å²) in [6, 6.07) is 22.4. The second kappa shape index (κ2) is 12.4. The minimum Gasteiger partial charge on any atom is -0.489 e. The molecule has 0 aliphatic carbocycles. The molecule has 1 atom stereocenters. The van der Waals surface area contributed by atoms with E-state index in [1.807, 2.05) is 38.1 Å². The van der Waals surface area contributed by atoms with Gasteiger partial charge in [0.1, 0.15) is 17.9 Å². The van der Waals surface area contributed by atoms with E-state index in [-0.39, 0.29) is 12.2 Å². The number of piperazine rings is 1. The van der Waals surface area contributed by atoms with Crippen LogP contribution in [0.4, 0.5) is 16.2 Å². The number of anilines is 2. The molecule has 9 heteroatoms. The lowest BCUT2D eigenvalue weighted by Gasteiger charge is -2.37. The van der Waals surface area contributed by atoms with Gasteiger partial charge in [-0.15, -0.1) is 0 Å². The zero-order valence-electron chi connectivity index (χ0n) is 22.6. The molecule has 1 saturated heterocycles. The van der Waals surface area contributed by atoms with Crippen molar-refractivity contribution in [3.8, 4) is 5.75 Å². The van der Waals surface area contributed by atoms with Crippen LogP contribution in [0.5, 0.6) is 5.75 Å². The number of fused-ring (bicyclic) bond motifs is 1. The van der Waals surface area contributed by atoms with Crippen molar-refractivity contribution >= 4 is 40.0 Å². The smallest absolute Gasteiger partial charge is 0.412 e. The monoisotopic (exact) mass is 561 g/mol. The van der Waals surface area contributed by atoms with Crippen molar-refractivity contribution in [3.63, 3.8) is 0 Å². The highest BCUT2D eigenvalue weighted by atomic mass is 35.5. The summed E-state index contributed by atoms with van der Waals surface area (Å²) >= 11 is 6.07. The average Bonchev–Trinajstić information content (AvgIpc) is 2.92. The van der Waals surface area contributed by atoms with Crippen LogP contribution in [-0.4, -0.2) is 56.4 Å². The normalized spacial score (nSPS) is 14.6. The fourth-order valence-electron chi connectivity index (χ4n) is 4.89. The molecule has 1 unspecified atom stereocenters. The number of benzene rings is 3. The number of aryl methyl sites for hydroxylation is 2. The summed E-state index contributed by atoms with van der Waals surface area (Å²) in [5.41, 5.74) is 3.51. The summed E-state index contributed by atoms with van der Waals surface area (Å²) in [5.74, 6) is 0.641. The molecule has 1 aliphatic rings. The Hall–Kier alpha value is -4.01. The van der Waals surface area contributed by atoms with Crippen LogP contribution >= 0.6 is 11.6 Å². The molecular weight excluding hydrogens is 530 g/mol. The lowest BCUT2D eigenvalue weighted by Crippen LogP contribution is -2.50. The highest BCUT2D eigenvalue weighted by Crippen LogP contribution is 2.27. The van der Waals surface area contributed by atoms with Gasteiger partial charge in [0.25, 0.3) is 0 Å². The molecule has 0 radical (unpaired) electrons. The Balaban J connectivity index is 1.28. The minimum atomic E-state index is -0.577. The summed E-state index contributed by atoms with van der Waals surface area (Å²) in [5, 5.41) is 4.08. The summed E-state index contributed by atoms with van der Waals surface area (Å²) in [6.07, 6.45) is -1.11. The number of halogens is 1. The number of nitrogens with zero attached hydrogens (tertiary/aromatic N) is 2. The molecule has 1 fully saturated rings. The highest BCUT2D eigenvalue weighted by molar-refractivity contribution is 6.30. The molecule has 1 aromatic heterocycles. The topological polar surface area (TPSA) is 84.2 Å². The van der Waals surface area contributed by atoms with E-state index in [1.54, 1.807) is 30.3 Å². The van der Waals surface area contributed by atoms with Gasteiger partial charge in [0.15, 0.2) is 6.10 Å². The third-order valence-corrected chi connectivity index (χ3v) is 7.21. The Morgan fingerprint density at radius 3 is 2.50 bits per heavy atom. The van der Waals surface area contributed by atoms with E-state index in [0.717, 1.165) is 42.7 Å². The van der Waals surface area contributed by atoms with Gasteiger partial charge >= 0.3 is 11.7 Å². The minimum absolute atomic E-state index is 0.157. The van der Waals surface area contributed by atoms with Crippen molar-refractivity contribution in [2.45, 2.75) is 20.0 Å². The van der Waals surface area contributed by atoms with E-state index in [0.29, 0.717) is 28.6 Å². The first kappa shape index (κ1) is 27.6. The Morgan fingerprint density at radius 2 is 1.75 bits per heavy atom. The Labute approximate surface area is 238 Å². The summed E-state index contributed by atoms with van der Waals surface area (Å²) in [6.45, 7) is 7.84. The molecule has 3 aromatic carbocycles. The van der Waals surface area contributed by atoms with Crippen LogP contribution in [0.2, 0.25) is 5.02 Å². The Kier molecular flexibility index (Phi) is 8.57. The molecule has 0 bridgehead atoms. The quantitative estimate of drug-likeness (QED) is 0.269. The predicted molar refractivity (Wildman–Crippen MR) is 158 cm³/mol. The van der Waals surface area contributed by atoms with Crippen molar-refractivity contribution in [3.05, 3.63) is 99.4 Å².